The fourth-order valence-electron chi connectivity index (χ4n) is 2.33. The van der Waals surface area contributed by atoms with Gasteiger partial charge < -0.3 is 15.1 Å². The van der Waals surface area contributed by atoms with Crippen molar-refractivity contribution >= 4 is 21.9 Å². The summed E-state index contributed by atoms with van der Waals surface area (Å²) in [7, 11) is 0.638. The molecule has 0 saturated carbocycles. The Morgan fingerprint density at radius 3 is 2.52 bits per heavy atom. The lowest BCUT2D eigenvalue weighted by atomic mass is 10.2. The maximum atomic E-state index is 12.2. The Hall–Kier alpha value is -1.87. The number of nitrogens with zero attached hydrogens (tertiary/aromatic N) is 4. The van der Waals surface area contributed by atoms with E-state index in [2.05, 4.69) is 10.3 Å². The van der Waals surface area contributed by atoms with Crippen molar-refractivity contribution in [2.45, 2.75) is 6.54 Å². The molecule has 23 heavy (non-hydrogen) atoms. The van der Waals surface area contributed by atoms with Gasteiger partial charge in [-0.15, -0.1) is 0 Å². The molecule has 0 bridgehead atoms. The normalized spacial score (nSPS) is 16.2. The lowest BCUT2D eigenvalue weighted by molar-refractivity contribution is 0.172. The predicted octanol–water partition coefficient (Wildman–Crippen LogP) is -0.0656. The number of rotatable bonds is 4. The number of anilines is 1. The minimum absolute atomic E-state index is 0.179. The number of amides is 2. The SMILES string of the molecule is CN(C)c1cc(CNC(=O)N2CCN(S(C)(=O)=O)CC2)ccn1. The number of piperazine rings is 1. The zero-order valence-electron chi connectivity index (χ0n) is 13.7. The van der Waals surface area contributed by atoms with Crippen molar-refractivity contribution in [3.63, 3.8) is 0 Å². The zero-order valence-corrected chi connectivity index (χ0v) is 14.5. The van der Waals surface area contributed by atoms with Gasteiger partial charge in [0.1, 0.15) is 5.82 Å². The standard InChI is InChI=1S/C14H23N5O3S/c1-17(2)13-10-12(4-5-15-13)11-16-14(20)18-6-8-19(9-7-18)23(3,21)22/h4-5,10H,6-9,11H2,1-3H3,(H,16,20). The van der Waals surface area contributed by atoms with Crippen LogP contribution in [0.1, 0.15) is 5.56 Å². The van der Waals surface area contributed by atoms with Crippen molar-refractivity contribution in [2.75, 3.05) is 51.4 Å². The molecule has 1 N–H and O–H groups in total. The van der Waals surface area contributed by atoms with Gasteiger partial charge in [0.15, 0.2) is 0 Å². The number of hydrogen-bond donors (Lipinski definition) is 1. The largest absolute Gasteiger partial charge is 0.363 e. The van der Waals surface area contributed by atoms with Crippen LogP contribution in [0.2, 0.25) is 0 Å². The molecule has 2 amide bonds. The first-order valence-electron chi connectivity index (χ1n) is 7.37. The molecule has 0 aliphatic carbocycles. The van der Waals surface area contributed by atoms with Crippen LogP contribution < -0.4 is 10.2 Å². The van der Waals surface area contributed by atoms with E-state index in [1.54, 1.807) is 11.1 Å². The minimum atomic E-state index is -3.18. The highest BCUT2D eigenvalue weighted by Gasteiger charge is 2.25. The first-order chi connectivity index (χ1) is 10.8. The zero-order chi connectivity index (χ0) is 17.0. The molecular weight excluding hydrogens is 318 g/mol. The number of nitrogens with one attached hydrogen (secondary N) is 1. The average molecular weight is 341 g/mol. The second kappa shape index (κ2) is 7.14. The number of aromatic nitrogens is 1. The highest BCUT2D eigenvalue weighted by molar-refractivity contribution is 7.88. The van der Waals surface area contributed by atoms with E-state index in [0.29, 0.717) is 32.7 Å². The number of carbonyl (C=O) groups is 1. The van der Waals surface area contributed by atoms with Crippen molar-refractivity contribution in [1.29, 1.82) is 0 Å². The van der Waals surface area contributed by atoms with Crippen molar-refractivity contribution in [1.82, 2.24) is 19.5 Å². The fourth-order valence-corrected chi connectivity index (χ4v) is 3.15. The third kappa shape index (κ3) is 4.80. The van der Waals surface area contributed by atoms with Crippen molar-refractivity contribution in [3.8, 4) is 0 Å². The number of pyridine rings is 1. The van der Waals surface area contributed by atoms with Gasteiger partial charge in [-0.3, -0.25) is 0 Å². The molecule has 2 heterocycles. The van der Waals surface area contributed by atoms with Crippen LogP contribution in [0, 0.1) is 0 Å². The summed E-state index contributed by atoms with van der Waals surface area (Å²) >= 11 is 0. The smallest absolute Gasteiger partial charge is 0.317 e. The Bertz CT molecular complexity index is 654. The average Bonchev–Trinajstić information content (AvgIpc) is 2.52. The van der Waals surface area contributed by atoms with Gasteiger partial charge in [0.05, 0.1) is 6.26 Å². The van der Waals surface area contributed by atoms with Crippen molar-refractivity contribution in [3.05, 3.63) is 23.9 Å². The van der Waals surface area contributed by atoms with Crippen LogP contribution in [-0.2, 0) is 16.6 Å². The fraction of sp³-hybridized carbons (Fsp3) is 0.571. The molecule has 0 aromatic carbocycles. The summed E-state index contributed by atoms with van der Waals surface area (Å²) < 4.78 is 24.3. The van der Waals surface area contributed by atoms with E-state index >= 15 is 0 Å². The molecule has 9 heteroatoms. The summed E-state index contributed by atoms with van der Waals surface area (Å²) in [5, 5.41) is 2.86. The van der Waals surface area contributed by atoms with E-state index in [9.17, 15) is 13.2 Å². The van der Waals surface area contributed by atoms with E-state index < -0.39 is 10.0 Å². The molecule has 1 aliphatic heterocycles. The Kier molecular flexibility index (Phi) is 5.42. The van der Waals surface area contributed by atoms with Gasteiger partial charge in [-0.05, 0) is 17.7 Å². The molecule has 2 rings (SSSR count). The van der Waals surface area contributed by atoms with E-state index in [0.717, 1.165) is 11.4 Å². The van der Waals surface area contributed by atoms with Gasteiger partial charge >= 0.3 is 6.03 Å². The number of sulfonamides is 1. The second-order valence-electron chi connectivity index (χ2n) is 5.72. The molecule has 0 atom stereocenters. The van der Waals surface area contributed by atoms with Gasteiger partial charge in [0.2, 0.25) is 10.0 Å². The van der Waals surface area contributed by atoms with Crippen LogP contribution in [0.5, 0.6) is 0 Å². The lowest BCUT2D eigenvalue weighted by Gasteiger charge is -2.33. The molecule has 0 spiro atoms. The van der Waals surface area contributed by atoms with Gasteiger partial charge in [-0.1, -0.05) is 0 Å². The molecular formula is C14H23N5O3S. The first-order valence-corrected chi connectivity index (χ1v) is 9.22. The van der Waals surface area contributed by atoms with Crippen molar-refractivity contribution < 1.29 is 13.2 Å². The van der Waals surface area contributed by atoms with Crippen LogP contribution in [-0.4, -0.2) is 75.2 Å². The van der Waals surface area contributed by atoms with E-state index in [4.69, 9.17) is 0 Å². The summed E-state index contributed by atoms with van der Waals surface area (Å²) in [6.07, 6.45) is 2.90. The van der Waals surface area contributed by atoms with E-state index in [1.165, 1.54) is 10.6 Å². The summed E-state index contributed by atoms with van der Waals surface area (Å²) in [6.45, 7) is 1.89. The van der Waals surface area contributed by atoms with E-state index in [1.807, 2.05) is 31.1 Å². The molecule has 0 radical (unpaired) electrons. The molecule has 1 aromatic rings. The quantitative estimate of drug-likeness (QED) is 0.829. The first kappa shape index (κ1) is 17.5. The number of urea groups is 1. The predicted molar refractivity (Wildman–Crippen MR) is 88.8 cm³/mol. The topological polar surface area (TPSA) is 85.9 Å². The maximum Gasteiger partial charge on any atom is 0.317 e. The lowest BCUT2D eigenvalue weighted by Crippen LogP contribution is -2.52. The van der Waals surface area contributed by atoms with Crippen LogP contribution in [0.25, 0.3) is 0 Å². The summed E-state index contributed by atoms with van der Waals surface area (Å²) in [6, 6.07) is 3.60. The summed E-state index contributed by atoms with van der Waals surface area (Å²) in [4.78, 5) is 19.9. The van der Waals surface area contributed by atoms with Gasteiger partial charge in [0, 0.05) is 53.0 Å². The van der Waals surface area contributed by atoms with E-state index in [-0.39, 0.29) is 6.03 Å². The maximum absolute atomic E-state index is 12.2. The van der Waals surface area contributed by atoms with Crippen LogP contribution >= 0.6 is 0 Å². The number of carbonyl (C=O) groups excluding carboxylic acids is 1. The molecule has 0 unspecified atom stereocenters. The Morgan fingerprint density at radius 2 is 1.96 bits per heavy atom. The summed E-state index contributed by atoms with van der Waals surface area (Å²) in [5.41, 5.74) is 0.965. The highest BCUT2D eigenvalue weighted by Crippen LogP contribution is 2.10. The third-order valence-electron chi connectivity index (χ3n) is 3.71. The molecule has 1 aromatic heterocycles. The highest BCUT2D eigenvalue weighted by atomic mass is 32.2. The van der Waals surface area contributed by atoms with Crippen LogP contribution in [0.3, 0.4) is 0 Å². The molecule has 8 nitrogen and oxygen atoms in total. The Balaban J connectivity index is 1.85. The Morgan fingerprint density at radius 1 is 1.30 bits per heavy atom. The minimum Gasteiger partial charge on any atom is -0.363 e. The summed E-state index contributed by atoms with van der Waals surface area (Å²) in [5.74, 6) is 0.832. The van der Waals surface area contributed by atoms with Crippen LogP contribution in [0.4, 0.5) is 10.6 Å². The molecule has 1 saturated heterocycles. The second-order valence-corrected chi connectivity index (χ2v) is 7.71. The van der Waals surface area contributed by atoms with Crippen LogP contribution in [0.15, 0.2) is 18.3 Å². The third-order valence-corrected chi connectivity index (χ3v) is 5.01. The Labute approximate surface area is 137 Å². The van der Waals surface area contributed by atoms with Gasteiger partial charge in [-0.2, -0.15) is 4.31 Å². The number of hydrogen-bond acceptors (Lipinski definition) is 5. The molecule has 128 valence electrons. The van der Waals surface area contributed by atoms with Gasteiger partial charge in [0.25, 0.3) is 0 Å². The molecule has 1 fully saturated rings. The van der Waals surface area contributed by atoms with Crippen molar-refractivity contribution in [2.24, 2.45) is 0 Å². The van der Waals surface area contributed by atoms with Gasteiger partial charge in [-0.25, -0.2) is 18.2 Å². The monoisotopic (exact) mass is 341 g/mol. The molecule has 1 aliphatic rings.